The van der Waals surface area contributed by atoms with Crippen molar-refractivity contribution in [3.8, 4) is 5.75 Å². The molecule has 0 unspecified atom stereocenters. The highest BCUT2D eigenvalue weighted by atomic mass is 16.5. The van der Waals surface area contributed by atoms with Gasteiger partial charge in [0.2, 0.25) is 0 Å². The van der Waals surface area contributed by atoms with E-state index in [1.807, 2.05) is 6.92 Å². The number of rotatable bonds is 6. The van der Waals surface area contributed by atoms with Gasteiger partial charge in [0.25, 0.3) is 5.78 Å². The average Bonchev–Trinajstić information content (AvgIpc) is 3.33. The summed E-state index contributed by atoms with van der Waals surface area (Å²) >= 11 is 0. The van der Waals surface area contributed by atoms with Crippen LogP contribution in [0.25, 0.3) is 5.76 Å². The van der Waals surface area contributed by atoms with E-state index in [0.29, 0.717) is 29.2 Å². The second kappa shape index (κ2) is 8.47. The molecule has 0 radical (unpaired) electrons. The van der Waals surface area contributed by atoms with Gasteiger partial charge in [-0.1, -0.05) is 54.5 Å². The van der Waals surface area contributed by atoms with Crippen LogP contribution in [0.1, 0.15) is 36.3 Å². The van der Waals surface area contributed by atoms with Crippen molar-refractivity contribution in [2.24, 2.45) is 0 Å². The molecule has 1 atom stereocenters. The topological polar surface area (TPSA) is 92.9 Å². The summed E-state index contributed by atoms with van der Waals surface area (Å²) in [5, 5.41) is 14.9. The molecule has 1 saturated heterocycles. The number of anilines is 1. The maximum Gasteiger partial charge on any atom is 0.301 e. The van der Waals surface area contributed by atoms with E-state index in [4.69, 9.17) is 9.26 Å². The molecule has 1 N–H and O–H groups in total. The lowest BCUT2D eigenvalue weighted by molar-refractivity contribution is -0.132. The first-order valence-corrected chi connectivity index (χ1v) is 10.0. The molecule has 7 heteroatoms. The fourth-order valence-electron chi connectivity index (χ4n) is 3.57. The number of carbonyl (C=O) groups is 2. The van der Waals surface area contributed by atoms with Gasteiger partial charge >= 0.3 is 5.91 Å². The van der Waals surface area contributed by atoms with E-state index in [0.717, 1.165) is 6.42 Å². The maximum absolute atomic E-state index is 13.0. The molecule has 158 valence electrons. The lowest BCUT2D eigenvalue weighted by Gasteiger charge is -2.23. The molecule has 1 fully saturated rings. The Morgan fingerprint density at radius 1 is 1.13 bits per heavy atom. The number of carbonyl (C=O) groups excluding carboxylic acids is 2. The lowest BCUT2D eigenvalue weighted by Crippen LogP contribution is -2.29. The summed E-state index contributed by atoms with van der Waals surface area (Å²) in [4.78, 5) is 27.2. The van der Waals surface area contributed by atoms with E-state index >= 15 is 0 Å². The molecule has 3 aromatic rings. The second-order valence-electron chi connectivity index (χ2n) is 7.25. The predicted molar refractivity (Wildman–Crippen MR) is 115 cm³/mol. The van der Waals surface area contributed by atoms with Crippen molar-refractivity contribution >= 4 is 23.3 Å². The van der Waals surface area contributed by atoms with Gasteiger partial charge in [0.1, 0.15) is 17.3 Å². The molecule has 0 bridgehead atoms. The summed E-state index contributed by atoms with van der Waals surface area (Å²) in [7, 11) is 0. The smallest absolute Gasteiger partial charge is 0.301 e. The number of aryl methyl sites for hydroxylation is 1. The highest BCUT2D eigenvalue weighted by Gasteiger charge is 2.48. The predicted octanol–water partition coefficient (Wildman–Crippen LogP) is 4.40. The fraction of sp³-hybridized carbons (Fsp3) is 0.208. The van der Waals surface area contributed by atoms with Crippen LogP contribution in [-0.4, -0.2) is 28.6 Å². The minimum Gasteiger partial charge on any atom is -0.507 e. The number of benzene rings is 2. The van der Waals surface area contributed by atoms with Crippen LogP contribution in [-0.2, 0) is 9.59 Å². The molecule has 2 aromatic carbocycles. The summed E-state index contributed by atoms with van der Waals surface area (Å²) in [6.07, 6.45) is 0.879. The minimum atomic E-state index is -0.857. The van der Waals surface area contributed by atoms with Gasteiger partial charge in [-0.25, -0.2) is 0 Å². The zero-order valence-corrected chi connectivity index (χ0v) is 17.2. The van der Waals surface area contributed by atoms with E-state index < -0.39 is 17.7 Å². The largest absolute Gasteiger partial charge is 0.507 e. The van der Waals surface area contributed by atoms with Crippen molar-refractivity contribution in [3.63, 3.8) is 0 Å². The van der Waals surface area contributed by atoms with Crippen molar-refractivity contribution in [1.29, 1.82) is 0 Å². The van der Waals surface area contributed by atoms with Crippen molar-refractivity contribution in [2.45, 2.75) is 26.3 Å². The molecule has 4 rings (SSSR count). The van der Waals surface area contributed by atoms with Crippen LogP contribution >= 0.6 is 0 Å². The number of hydrogen-bond donors (Lipinski definition) is 1. The molecule has 0 saturated carbocycles. The zero-order chi connectivity index (χ0) is 22.0. The van der Waals surface area contributed by atoms with Crippen molar-refractivity contribution in [1.82, 2.24) is 5.16 Å². The number of aromatic nitrogens is 1. The maximum atomic E-state index is 13.0. The van der Waals surface area contributed by atoms with Crippen molar-refractivity contribution < 1.29 is 24.0 Å². The van der Waals surface area contributed by atoms with Crippen molar-refractivity contribution in [2.75, 3.05) is 11.5 Å². The Hall–Kier alpha value is -3.87. The zero-order valence-electron chi connectivity index (χ0n) is 17.2. The van der Waals surface area contributed by atoms with Gasteiger partial charge in [0.15, 0.2) is 5.82 Å². The number of ether oxygens (including phenoxy) is 1. The van der Waals surface area contributed by atoms with Crippen LogP contribution in [0.5, 0.6) is 5.75 Å². The second-order valence-corrected chi connectivity index (χ2v) is 7.25. The monoisotopic (exact) mass is 418 g/mol. The van der Waals surface area contributed by atoms with Crippen LogP contribution in [0.15, 0.2) is 70.8 Å². The molecular formula is C24H22N2O5. The number of nitrogens with zero attached hydrogens (tertiary/aromatic N) is 2. The molecule has 2 heterocycles. The molecular weight excluding hydrogens is 396 g/mol. The Morgan fingerprint density at radius 2 is 1.84 bits per heavy atom. The summed E-state index contributed by atoms with van der Waals surface area (Å²) < 4.78 is 10.8. The minimum absolute atomic E-state index is 0.000852. The van der Waals surface area contributed by atoms with Gasteiger partial charge in [-0.2, -0.15) is 0 Å². The molecule has 1 amide bonds. The van der Waals surface area contributed by atoms with Crippen LogP contribution < -0.4 is 9.64 Å². The van der Waals surface area contributed by atoms with Crippen molar-refractivity contribution in [3.05, 3.63) is 83.1 Å². The molecule has 7 nitrogen and oxygen atoms in total. The highest BCUT2D eigenvalue weighted by molar-refractivity contribution is 6.51. The number of hydrogen-bond acceptors (Lipinski definition) is 6. The molecule has 1 aromatic heterocycles. The Morgan fingerprint density at radius 3 is 2.45 bits per heavy atom. The number of ketones is 1. The number of aliphatic hydroxyl groups is 1. The lowest BCUT2D eigenvalue weighted by atomic mass is 9.95. The van der Waals surface area contributed by atoms with E-state index in [-0.39, 0.29) is 17.2 Å². The Balaban J connectivity index is 1.85. The Kier molecular flexibility index (Phi) is 5.58. The van der Waals surface area contributed by atoms with E-state index in [1.165, 1.54) is 4.90 Å². The van der Waals surface area contributed by atoms with Gasteiger partial charge in [0.05, 0.1) is 18.2 Å². The van der Waals surface area contributed by atoms with Gasteiger partial charge in [-0.3, -0.25) is 14.5 Å². The van der Waals surface area contributed by atoms with Crippen LogP contribution in [0.2, 0.25) is 0 Å². The third-order valence-electron chi connectivity index (χ3n) is 5.02. The summed E-state index contributed by atoms with van der Waals surface area (Å²) in [6, 6.07) is 16.5. The Bertz CT molecular complexity index is 1130. The van der Waals surface area contributed by atoms with E-state index in [2.05, 4.69) is 5.16 Å². The molecule has 0 aliphatic carbocycles. The first-order valence-electron chi connectivity index (χ1n) is 10.0. The number of Topliss-reactive ketones (excluding diaryl/α,β-unsaturated/α-hetero) is 1. The van der Waals surface area contributed by atoms with Crippen LogP contribution in [0.4, 0.5) is 5.82 Å². The van der Waals surface area contributed by atoms with Gasteiger partial charge < -0.3 is 14.4 Å². The summed E-state index contributed by atoms with van der Waals surface area (Å²) in [6.45, 7) is 4.31. The van der Waals surface area contributed by atoms with Gasteiger partial charge in [-0.15, -0.1) is 0 Å². The van der Waals surface area contributed by atoms with E-state index in [1.54, 1.807) is 67.6 Å². The first kappa shape index (κ1) is 20.4. The fourth-order valence-corrected chi connectivity index (χ4v) is 3.57. The standard InChI is InChI=1S/C24H22N2O5/c1-3-13-30-18-11-9-16(10-12-18)21-20(22(27)17-7-5-4-6-8-17)23(28)24(29)26(21)19-14-15(2)31-25-19/h4-12,14,21,27H,3,13H2,1-2H3/b22-20+/t21-/m1/s1. The molecule has 0 spiro atoms. The van der Waals surface area contributed by atoms with Crippen LogP contribution in [0, 0.1) is 6.92 Å². The summed E-state index contributed by atoms with van der Waals surface area (Å²) in [5.41, 5.74) is 1.09. The summed E-state index contributed by atoms with van der Waals surface area (Å²) in [5.74, 6) is -0.397. The molecule has 1 aliphatic heterocycles. The Labute approximate surface area is 179 Å². The first-order chi connectivity index (χ1) is 15.0. The van der Waals surface area contributed by atoms with Crippen LogP contribution in [0.3, 0.4) is 0 Å². The van der Waals surface area contributed by atoms with Gasteiger partial charge in [-0.05, 0) is 31.0 Å². The SMILES string of the molecule is CCCOc1ccc([C@@H]2/C(=C(\O)c3ccccc3)C(=O)C(=O)N2c2cc(C)on2)cc1. The molecule has 1 aliphatic rings. The van der Waals surface area contributed by atoms with E-state index in [9.17, 15) is 14.7 Å². The third-order valence-corrected chi connectivity index (χ3v) is 5.02. The molecule has 31 heavy (non-hydrogen) atoms. The number of aliphatic hydroxyl groups excluding tert-OH is 1. The third kappa shape index (κ3) is 3.82. The average molecular weight is 418 g/mol. The quantitative estimate of drug-likeness (QED) is 0.362. The normalized spacial score (nSPS) is 17.9. The van der Waals surface area contributed by atoms with Gasteiger partial charge in [0, 0.05) is 11.6 Å². The number of amides is 1. The highest BCUT2D eigenvalue weighted by Crippen LogP contribution is 2.42.